The van der Waals surface area contributed by atoms with Crippen LogP contribution in [0.1, 0.15) is 28.6 Å². The van der Waals surface area contributed by atoms with Gasteiger partial charge in [-0.25, -0.2) is 0 Å². The molecule has 0 radical (unpaired) electrons. The smallest absolute Gasteiger partial charge is 0.257 e. The summed E-state index contributed by atoms with van der Waals surface area (Å²) in [5.41, 5.74) is 1.65. The quantitative estimate of drug-likeness (QED) is 0.889. The second kappa shape index (κ2) is 7.09. The van der Waals surface area contributed by atoms with Crippen LogP contribution in [0.2, 0.25) is 0 Å². The summed E-state index contributed by atoms with van der Waals surface area (Å²) in [5.74, 6) is 0.588. The summed E-state index contributed by atoms with van der Waals surface area (Å²) in [6, 6.07) is 11.5. The third-order valence-corrected chi connectivity index (χ3v) is 3.44. The summed E-state index contributed by atoms with van der Waals surface area (Å²) in [5, 5.41) is 9.26. The molecule has 4 nitrogen and oxygen atoms in total. The molecule has 0 aliphatic heterocycles. The Morgan fingerprint density at radius 3 is 2.57 bits per heavy atom. The van der Waals surface area contributed by atoms with E-state index >= 15 is 0 Å². The van der Waals surface area contributed by atoms with Crippen molar-refractivity contribution in [2.24, 2.45) is 5.92 Å². The molecule has 0 fully saturated rings. The normalized spacial score (nSPS) is 12.1. The van der Waals surface area contributed by atoms with Gasteiger partial charge in [0.2, 0.25) is 0 Å². The number of aryl methyl sites for hydroxylation is 1. The Balaban J connectivity index is 2.19. The van der Waals surface area contributed by atoms with Crippen LogP contribution in [0.4, 0.5) is 0 Å². The van der Waals surface area contributed by atoms with Crippen molar-refractivity contribution in [3.05, 3.63) is 59.5 Å². The lowest BCUT2D eigenvalue weighted by molar-refractivity contribution is 0.0693. The summed E-state index contributed by atoms with van der Waals surface area (Å²) >= 11 is 0. The Morgan fingerprint density at radius 1 is 1.29 bits per heavy atom. The first-order chi connectivity index (χ1) is 10.1. The maximum absolute atomic E-state index is 12.7. The molecule has 4 heteroatoms. The van der Waals surface area contributed by atoms with E-state index in [-0.39, 0.29) is 18.4 Å². The van der Waals surface area contributed by atoms with Gasteiger partial charge in [0.15, 0.2) is 0 Å². The fourth-order valence-corrected chi connectivity index (χ4v) is 2.23. The third-order valence-electron chi connectivity index (χ3n) is 3.44. The van der Waals surface area contributed by atoms with Gasteiger partial charge in [0.25, 0.3) is 5.91 Å². The molecule has 0 saturated carbocycles. The van der Waals surface area contributed by atoms with E-state index in [1.807, 2.05) is 37.3 Å². The molecule has 1 N–H and O–H groups in total. The summed E-state index contributed by atoms with van der Waals surface area (Å²) < 4.78 is 5.22. The van der Waals surface area contributed by atoms with Crippen LogP contribution in [0.15, 0.2) is 47.1 Å². The number of amides is 1. The number of hydrogen-bond acceptors (Lipinski definition) is 3. The molecular formula is C17H21NO3. The van der Waals surface area contributed by atoms with Gasteiger partial charge in [-0.05, 0) is 24.5 Å². The zero-order chi connectivity index (χ0) is 15.2. The number of benzene rings is 1. The van der Waals surface area contributed by atoms with Crippen molar-refractivity contribution in [3.63, 3.8) is 0 Å². The van der Waals surface area contributed by atoms with Gasteiger partial charge in [0.05, 0.1) is 11.8 Å². The predicted molar refractivity (Wildman–Crippen MR) is 80.9 cm³/mol. The second-order valence-electron chi connectivity index (χ2n) is 5.35. The number of aliphatic hydroxyl groups is 1. The lowest BCUT2D eigenvalue weighted by Crippen LogP contribution is -2.35. The van der Waals surface area contributed by atoms with E-state index in [1.54, 1.807) is 17.9 Å². The highest BCUT2D eigenvalue weighted by molar-refractivity contribution is 5.95. The van der Waals surface area contributed by atoms with E-state index < -0.39 is 0 Å². The van der Waals surface area contributed by atoms with Gasteiger partial charge in [-0.2, -0.15) is 0 Å². The van der Waals surface area contributed by atoms with Gasteiger partial charge in [0, 0.05) is 19.7 Å². The van der Waals surface area contributed by atoms with Crippen LogP contribution in [0.25, 0.3) is 0 Å². The molecule has 0 aliphatic carbocycles. The van der Waals surface area contributed by atoms with E-state index in [0.717, 1.165) is 5.56 Å². The Morgan fingerprint density at radius 2 is 2.00 bits per heavy atom. The molecule has 0 bridgehead atoms. The Labute approximate surface area is 125 Å². The average molecular weight is 287 g/mol. The van der Waals surface area contributed by atoms with Crippen molar-refractivity contribution in [2.45, 2.75) is 20.4 Å². The highest BCUT2D eigenvalue weighted by atomic mass is 16.3. The van der Waals surface area contributed by atoms with E-state index in [2.05, 4.69) is 0 Å². The molecule has 1 aromatic carbocycles. The standard InChI is InChI=1S/C17H21NO3/c1-13(12-19)10-18(11-15-6-4-3-5-7-15)17(20)16-8-9-21-14(16)2/h3-9,13,19H,10-12H2,1-2H3. The molecule has 112 valence electrons. The molecule has 2 aromatic rings. The topological polar surface area (TPSA) is 53.7 Å². The minimum Gasteiger partial charge on any atom is -0.469 e. The molecule has 21 heavy (non-hydrogen) atoms. The van der Waals surface area contributed by atoms with Gasteiger partial charge in [-0.1, -0.05) is 37.3 Å². The van der Waals surface area contributed by atoms with Crippen LogP contribution in [0, 0.1) is 12.8 Å². The first-order valence-corrected chi connectivity index (χ1v) is 7.10. The lowest BCUT2D eigenvalue weighted by atomic mass is 10.1. The first kappa shape index (κ1) is 15.3. The summed E-state index contributed by atoms with van der Waals surface area (Å²) in [7, 11) is 0. The van der Waals surface area contributed by atoms with Gasteiger partial charge in [-0.3, -0.25) is 4.79 Å². The van der Waals surface area contributed by atoms with Crippen LogP contribution in [0.3, 0.4) is 0 Å². The molecule has 1 atom stereocenters. The zero-order valence-corrected chi connectivity index (χ0v) is 12.5. The molecule has 1 amide bonds. The SMILES string of the molecule is Cc1occc1C(=O)N(Cc1ccccc1)CC(C)CO. The highest BCUT2D eigenvalue weighted by Crippen LogP contribution is 2.16. The Kier molecular flexibility index (Phi) is 5.17. The third kappa shape index (κ3) is 3.95. The zero-order valence-electron chi connectivity index (χ0n) is 12.5. The Bertz CT molecular complexity index is 577. The molecule has 1 aromatic heterocycles. The van der Waals surface area contributed by atoms with Crippen LogP contribution >= 0.6 is 0 Å². The maximum atomic E-state index is 12.7. The monoisotopic (exact) mass is 287 g/mol. The molecule has 0 aliphatic rings. The van der Waals surface area contributed by atoms with Crippen molar-refractivity contribution in [2.75, 3.05) is 13.2 Å². The maximum Gasteiger partial charge on any atom is 0.257 e. The molecule has 1 unspecified atom stereocenters. The van der Waals surface area contributed by atoms with Crippen molar-refractivity contribution >= 4 is 5.91 Å². The lowest BCUT2D eigenvalue weighted by Gasteiger charge is -2.25. The minimum absolute atomic E-state index is 0.0323. The average Bonchev–Trinajstić information content (AvgIpc) is 2.93. The van der Waals surface area contributed by atoms with Gasteiger partial charge >= 0.3 is 0 Å². The summed E-state index contributed by atoms with van der Waals surface area (Å²) in [4.78, 5) is 14.4. The van der Waals surface area contributed by atoms with Crippen molar-refractivity contribution in [1.29, 1.82) is 0 Å². The van der Waals surface area contributed by atoms with Crippen molar-refractivity contribution < 1.29 is 14.3 Å². The minimum atomic E-state index is -0.0644. The van der Waals surface area contributed by atoms with E-state index in [4.69, 9.17) is 4.42 Å². The second-order valence-corrected chi connectivity index (χ2v) is 5.35. The van der Waals surface area contributed by atoms with Crippen molar-refractivity contribution in [3.8, 4) is 0 Å². The number of carbonyl (C=O) groups is 1. The highest BCUT2D eigenvalue weighted by Gasteiger charge is 2.21. The fraction of sp³-hybridized carbons (Fsp3) is 0.353. The van der Waals surface area contributed by atoms with Crippen LogP contribution in [-0.2, 0) is 6.54 Å². The molecule has 2 rings (SSSR count). The Hall–Kier alpha value is -2.07. The molecule has 0 saturated heterocycles. The molecular weight excluding hydrogens is 266 g/mol. The predicted octanol–water partition coefficient (Wildman–Crippen LogP) is 2.86. The van der Waals surface area contributed by atoms with Crippen LogP contribution in [-0.4, -0.2) is 29.1 Å². The number of nitrogens with zero attached hydrogens (tertiary/aromatic N) is 1. The molecule has 1 heterocycles. The first-order valence-electron chi connectivity index (χ1n) is 7.10. The van der Waals surface area contributed by atoms with E-state index in [9.17, 15) is 9.90 Å². The number of aliphatic hydroxyl groups excluding tert-OH is 1. The largest absolute Gasteiger partial charge is 0.469 e. The number of carbonyl (C=O) groups excluding carboxylic acids is 1. The number of hydrogen-bond donors (Lipinski definition) is 1. The van der Waals surface area contributed by atoms with Gasteiger partial charge < -0.3 is 14.4 Å². The van der Waals surface area contributed by atoms with Crippen LogP contribution in [0.5, 0.6) is 0 Å². The van der Waals surface area contributed by atoms with Gasteiger partial charge in [-0.15, -0.1) is 0 Å². The number of furan rings is 1. The summed E-state index contributed by atoms with van der Waals surface area (Å²) in [6.07, 6.45) is 1.53. The summed E-state index contributed by atoms with van der Waals surface area (Å²) in [6.45, 7) is 4.79. The van der Waals surface area contributed by atoms with Crippen LogP contribution < -0.4 is 0 Å². The van der Waals surface area contributed by atoms with Crippen molar-refractivity contribution in [1.82, 2.24) is 4.90 Å². The van der Waals surface area contributed by atoms with E-state index in [1.165, 1.54) is 6.26 Å². The van der Waals surface area contributed by atoms with E-state index in [0.29, 0.717) is 24.4 Å². The number of rotatable bonds is 6. The molecule has 0 spiro atoms. The van der Waals surface area contributed by atoms with Gasteiger partial charge in [0.1, 0.15) is 5.76 Å². The fourth-order valence-electron chi connectivity index (χ4n) is 2.23.